The van der Waals surface area contributed by atoms with Crippen LogP contribution < -0.4 is 20.5 Å². The Bertz CT molecular complexity index is 1400. The SMILES string of the molecule is Cc1cc(C)c(CCC(=O)c2cc(-c3ccc(N4CCNCC4)nc3)c3c(c2C)CC(C)(C)O3)c(=O)[nH]1. The van der Waals surface area contributed by atoms with Gasteiger partial charge in [0.1, 0.15) is 17.2 Å². The topological polar surface area (TPSA) is 87.3 Å². The number of fused-ring (bicyclic) bond motifs is 1. The van der Waals surface area contributed by atoms with Crippen molar-refractivity contribution in [3.8, 4) is 16.9 Å². The summed E-state index contributed by atoms with van der Waals surface area (Å²) in [5.41, 5.74) is 6.56. The summed E-state index contributed by atoms with van der Waals surface area (Å²) in [6.07, 6.45) is 3.32. The van der Waals surface area contributed by atoms with E-state index in [9.17, 15) is 9.59 Å². The Morgan fingerprint density at radius 1 is 1.14 bits per heavy atom. The van der Waals surface area contributed by atoms with Crippen LogP contribution in [0.5, 0.6) is 5.75 Å². The second kappa shape index (κ2) is 9.78. The van der Waals surface area contributed by atoms with E-state index in [4.69, 9.17) is 9.72 Å². The first-order valence-corrected chi connectivity index (χ1v) is 13.1. The molecule has 7 heteroatoms. The first-order chi connectivity index (χ1) is 17.6. The minimum Gasteiger partial charge on any atom is -0.487 e. The standard InChI is InChI=1S/C30H36N4O3/c1-18-14-19(2)33-29(36)22(18)7-8-26(35)23-15-24(28-25(20(23)3)16-30(4,5)37-28)21-6-9-27(32-17-21)34-12-10-31-11-13-34/h6,9,14-15,17,31H,7-8,10-13,16H2,1-5H3,(H,33,36). The highest BCUT2D eigenvalue weighted by atomic mass is 16.5. The Morgan fingerprint density at radius 3 is 2.57 bits per heavy atom. The van der Waals surface area contributed by atoms with Gasteiger partial charge >= 0.3 is 0 Å². The number of ketones is 1. The monoisotopic (exact) mass is 500 g/mol. The Kier molecular flexibility index (Phi) is 6.67. The van der Waals surface area contributed by atoms with Gasteiger partial charge in [0.15, 0.2) is 5.78 Å². The summed E-state index contributed by atoms with van der Waals surface area (Å²) in [7, 11) is 0. The normalized spacial score (nSPS) is 16.4. The maximum absolute atomic E-state index is 13.6. The van der Waals surface area contributed by atoms with Crippen LogP contribution in [-0.2, 0) is 12.8 Å². The van der Waals surface area contributed by atoms with Gasteiger partial charge in [0.05, 0.1) is 0 Å². The molecule has 1 saturated heterocycles. The van der Waals surface area contributed by atoms with Crippen molar-refractivity contribution in [2.75, 3.05) is 31.1 Å². The molecule has 37 heavy (non-hydrogen) atoms. The van der Waals surface area contributed by atoms with E-state index in [1.54, 1.807) is 0 Å². The van der Waals surface area contributed by atoms with Crippen LogP contribution in [0.3, 0.4) is 0 Å². The zero-order valence-electron chi connectivity index (χ0n) is 22.5. The molecule has 0 saturated carbocycles. The lowest BCUT2D eigenvalue weighted by Crippen LogP contribution is -2.43. The van der Waals surface area contributed by atoms with E-state index in [1.165, 1.54) is 0 Å². The number of pyridine rings is 2. The zero-order chi connectivity index (χ0) is 26.3. The van der Waals surface area contributed by atoms with Gasteiger partial charge in [-0.05, 0) is 76.4 Å². The molecule has 1 aromatic carbocycles. The molecule has 0 spiro atoms. The Hall–Kier alpha value is -3.45. The molecular formula is C30H36N4O3. The van der Waals surface area contributed by atoms with Crippen molar-refractivity contribution in [2.45, 2.75) is 59.5 Å². The molecule has 2 aromatic heterocycles. The fourth-order valence-electron chi connectivity index (χ4n) is 5.58. The summed E-state index contributed by atoms with van der Waals surface area (Å²) in [5, 5.41) is 3.37. The van der Waals surface area contributed by atoms with Crippen LogP contribution in [0.2, 0.25) is 0 Å². The summed E-state index contributed by atoms with van der Waals surface area (Å²) < 4.78 is 6.41. The molecule has 0 amide bonds. The maximum Gasteiger partial charge on any atom is 0.251 e. The summed E-state index contributed by atoms with van der Waals surface area (Å²) in [5.74, 6) is 1.85. The van der Waals surface area contributed by atoms with Gasteiger partial charge in [-0.1, -0.05) is 0 Å². The molecule has 0 unspecified atom stereocenters. The molecule has 0 radical (unpaired) electrons. The first kappa shape index (κ1) is 25.2. The van der Waals surface area contributed by atoms with Gasteiger partial charge < -0.3 is 19.9 Å². The average Bonchev–Trinajstić information content (AvgIpc) is 3.20. The number of carbonyl (C=O) groups excluding carboxylic acids is 1. The Balaban J connectivity index is 1.48. The van der Waals surface area contributed by atoms with Crippen LogP contribution in [0.25, 0.3) is 11.1 Å². The Labute approximate surface area is 218 Å². The number of H-pyrrole nitrogens is 1. The van der Waals surface area contributed by atoms with Crippen molar-refractivity contribution in [3.63, 3.8) is 0 Å². The molecular weight excluding hydrogens is 464 g/mol. The van der Waals surface area contributed by atoms with Crippen LogP contribution in [0.4, 0.5) is 5.82 Å². The predicted octanol–water partition coefficient (Wildman–Crippen LogP) is 4.30. The molecule has 4 heterocycles. The lowest BCUT2D eigenvalue weighted by atomic mass is 9.88. The summed E-state index contributed by atoms with van der Waals surface area (Å²) in [6, 6.07) is 8.05. The molecule has 0 aliphatic carbocycles. The number of nitrogens with one attached hydrogen (secondary N) is 2. The van der Waals surface area contributed by atoms with E-state index >= 15 is 0 Å². The number of nitrogens with zero attached hydrogens (tertiary/aromatic N) is 2. The zero-order valence-corrected chi connectivity index (χ0v) is 22.5. The number of hydrogen-bond acceptors (Lipinski definition) is 6. The summed E-state index contributed by atoms with van der Waals surface area (Å²) >= 11 is 0. The second-order valence-corrected chi connectivity index (χ2v) is 11.0. The van der Waals surface area contributed by atoms with Crippen LogP contribution in [0, 0.1) is 20.8 Å². The molecule has 2 N–H and O–H groups in total. The van der Waals surface area contributed by atoms with Crippen molar-refractivity contribution in [2.24, 2.45) is 0 Å². The van der Waals surface area contributed by atoms with Crippen LogP contribution in [0.1, 0.15) is 58.6 Å². The lowest BCUT2D eigenvalue weighted by Gasteiger charge is -2.28. The van der Waals surface area contributed by atoms with Crippen LogP contribution in [-0.4, -0.2) is 47.5 Å². The fourth-order valence-corrected chi connectivity index (χ4v) is 5.58. The predicted molar refractivity (Wildman–Crippen MR) is 147 cm³/mol. The smallest absolute Gasteiger partial charge is 0.251 e. The Morgan fingerprint density at radius 2 is 1.89 bits per heavy atom. The fraction of sp³-hybridized carbons (Fsp3) is 0.433. The molecule has 0 atom stereocenters. The summed E-state index contributed by atoms with van der Waals surface area (Å²) in [6.45, 7) is 13.7. The van der Waals surface area contributed by atoms with Crippen molar-refractivity contribution in [3.05, 3.63) is 74.3 Å². The number of ether oxygens (including phenoxy) is 1. The third-order valence-corrected chi connectivity index (χ3v) is 7.54. The van der Waals surface area contributed by atoms with E-state index in [2.05, 4.69) is 41.2 Å². The number of aryl methyl sites for hydroxylation is 2. The molecule has 5 rings (SSSR count). The number of Topliss-reactive ketones (excluding diaryl/α,β-unsaturated/α-hetero) is 1. The third kappa shape index (κ3) is 5.05. The van der Waals surface area contributed by atoms with E-state index in [0.29, 0.717) is 17.5 Å². The minimum atomic E-state index is -0.343. The maximum atomic E-state index is 13.6. The van der Waals surface area contributed by atoms with Gasteiger partial charge in [-0.2, -0.15) is 0 Å². The van der Waals surface area contributed by atoms with E-state index in [1.807, 2.05) is 39.1 Å². The quantitative estimate of drug-likeness (QED) is 0.491. The highest BCUT2D eigenvalue weighted by Crippen LogP contribution is 2.45. The molecule has 1 fully saturated rings. The van der Waals surface area contributed by atoms with Crippen molar-refractivity contribution < 1.29 is 9.53 Å². The number of anilines is 1. The van der Waals surface area contributed by atoms with E-state index < -0.39 is 0 Å². The van der Waals surface area contributed by atoms with Crippen molar-refractivity contribution >= 4 is 11.6 Å². The number of carbonyl (C=O) groups is 1. The number of rotatable bonds is 6. The largest absolute Gasteiger partial charge is 0.487 e. The number of hydrogen-bond donors (Lipinski definition) is 2. The number of benzene rings is 1. The number of aromatic amines is 1. The summed E-state index contributed by atoms with van der Waals surface area (Å²) in [4.78, 5) is 35.9. The molecule has 2 aliphatic heterocycles. The molecule has 2 aliphatic rings. The number of piperazine rings is 1. The number of aromatic nitrogens is 2. The van der Waals surface area contributed by atoms with Gasteiger partial charge in [-0.15, -0.1) is 0 Å². The average molecular weight is 501 g/mol. The van der Waals surface area contributed by atoms with Crippen LogP contribution >= 0.6 is 0 Å². The lowest BCUT2D eigenvalue weighted by molar-refractivity contribution is 0.0982. The van der Waals surface area contributed by atoms with Crippen molar-refractivity contribution in [1.82, 2.24) is 15.3 Å². The second-order valence-electron chi connectivity index (χ2n) is 11.0. The van der Waals surface area contributed by atoms with Gasteiger partial charge in [0.2, 0.25) is 0 Å². The van der Waals surface area contributed by atoms with Crippen LogP contribution in [0.15, 0.2) is 35.3 Å². The third-order valence-electron chi connectivity index (χ3n) is 7.54. The van der Waals surface area contributed by atoms with Gasteiger partial charge in [0, 0.05) is 78.7 Å². The molecule has 3 aromatic rings. The highest BCUT2D eigenvalue weighted by Gasteiger charge is 2.35. The van der Waals surface area contributed by atoms with Gasteiger partial charge in [-0.3, -0.25) is 9.59 Å². The van der Waals surface area contributed by atoms with Gasteiger partial charge in [0.25, 0.3) is 5.56 Å². The molecule has 0 bridgehead atoms. The van der Waals surface area contributed by atoms with Crippen molar-refractivity contribution in [1.29, 1.82) is 0 Å². The van der Waals surface area contributed by atoms with E-state index in [0.717, 1.165) is 77.7 Å². The highest BCUT2D eigenvalue weighted by molar-refractivity contribution is 6.00. The molecule has 194 valence electrons. The first-order valence-electron chi connectivity index (χ1n) is 13.1. The minimum absolute atomic E-state index is 0.0380. The van der Waals surface area contributed by atoms with Gasteiger partial charge in [-0.25, -0.2) is 4.98 Å². The van der Waals surface area contributed by atoms with E-state index in [-0.39, 0.29) is 23.4 Å². The molecule has 7 nitrogen and oxygen atoms in total.